The fourth-order valence-electron chi connectivity index (χ4n) is 3.07. The Kier molecular flexibility index (Phi) is 5.27. The predicted molar refractivity (Wildman–Crippen MR) is 78.2 cm³/mol. The molecule has 0 aliphatic carbocycles. The van der Waals surface area contributed by atoms with Crippen LogP contribution in [0.25, 0.3) is 0 Å². The van der Waals surface area contributed by atoms with Gasteiger partial charge in [0.15, 0.2) is 0 Å². The first-order valence-corrected chi connectivity index (χ1v) is 7.43. The van der Waals surface area contributed by atoms with Gasteiger partial charge in [0.2, 0.25) is 0 Å². The monoisotopic (exact) mass is 300 g/mol. The number of nitrogens with one attached hydrogen (secondary N) is 1. The lowest BCUT2D eigenvalue weighted by atomic mass is 9.95. The number of likely N-dealkylation sites (tertiary alicyclic amines) is 1. The van der Waals surface area contributed by atoms with Gasteiger partial charge in [0, 0.05) is 19.1 Å². The number of rotatable bonds is 4. The second-order valence-corrected chi connectivity index (χ2v) is 5.84. The van der Waals surface area contributed by atoms with Crippen molar-refractivity contribution in [2.45, 2.75) is 32.0 Å². The number of aryl methyl sites for hydroxylation is 1. The smallest absolute Gasteiger partial charge is 0.312 e. The Morgan fingerprint density at radius 3 is 2.67 bits per heavy atom. The van der Waals surface area contributed by atoms with Crippen LogP contribution in [0, 0.1) is 12.8 Å². The molecule has 118 valence electrons. The fraction of sp³-hybridized carbons (Fsp3) is 0.625. The molecule has 2 nitrogen and oxygen atoms in total. The predicted octanol–water partition coefficient (Wildman–Crippen LogP) is 3.53. The summed E-state index contributed by atoms with van der Waals surface area (Å²) in [5.74, 6) is -1.18. The highest BCUT2D eigenvalue weighted by molar-refractivity contribution is 5.29. The molecule has 1 aromatic rings. The topological polar surface area (TPSA) is 15.3 Å². The molecule has 2 rings (SSSR count). The summed E-state index contributed by atoms with van der Waals surface area (Å²) in [4.78, 5) is 1.94. The summed E-state index contributed by atoms with van der Waals surface area (Å²) in [5, 5.41) is 3.24. The van der Waals surface area contributed by atoms with Gasteiger partial charge in [0.05, 0.1) is 5.92 Å². The Balaban J connectivity index is 2.04. The van der Waals surface area contributed by atoms with E-state index < -0.39 is 12.1 Å². The van der Waals surface area contributed by atoms with Crippen LogP contribution in [-0.4, -0.2) is 37.8 Å². The Morgan fingerprint density at radius 1 is 1.33 bits per heavy atom. The second-order valence-electron chi connectivity index (χ2n) is 5.84. The molecule has 0 radical (unpaired) electrons. The molecular formula is C16H23F3N2. The zero-order valence-electron chi connectivity index (χ0n) is 12.6. The van der Waals surface area contributed by atoms with Gasteiger partial charge in [-0.2, -0.15) is 13.2 Å². The maximum Gasteiger partial charge on any atom is 0.393 e. The van der Waals surface area contributed by atoms with Crippen molar-refractivity contribution < 1.29 is 13.2 Å². The molecule has 21 heavy (non-hydrogen) atoms. The van der Waals surface area contributed by atoms with Crippen molar-refractivity contribution >= 4 is 0 Å². The van der Waals surface area contributed by atoms with E-state index in [-0.39, 0.29) is 19.0 Å². The third kappa shape index (κ3) is 4.20. The van der Waals surface area contributed by atoms with Gasteiger partial charge in [-0.05, 0) is 44.5 Å². The summed E-state index contributed by atoms with van der Waals surface area (Å²) in [6.45, 7) is 3.52. The normalized spacial score (nSPS) is 22.2. The molecule has 2 unspecified atom stereocenters. The van der Waals surface area contributed by atoms with E-state index in [1.807, 2.05) is 43.1 Å². The minimum Gasteiger partial charge on any atom is -0.312 e. The van der Waals surface area contributed by atoms with Gasteiger partial charge in [0.1, 0.15) is 0 Å². The summed E-state index contributed by atoms with van der Waals surface area (Å²) in [5.41, 5.74) is 2.33. The third-order valence-electron chi connectivity index (χ3n) is 4.32. The largest absolute Gasteiger partial charge is 0.393 e. The molecule has 0 aromatic heterocycles. The van der Waals surface area contributed by atoms with Gasteiger partial charge in [-0.3, -0.25) is 0 Å². The third-order valence-corrected chi connectivity index (χ3v) is 4.32. The van der Waals surface area contributed by atoms with Gasteiger partial charge < -0.3 is 10.2 Å². The van der Waals surface area contributed by atoms with Crippen LogP contribution in [0.3, 0.4) is 0 Å². The van der Waals surface area contributed by atoms with Gasteiger partial charge in [-0.25, -0.2) is 0 Å². The molecule has 1 heterocycles. The average molecular weight is 300 g/mol. The first kappa shape index (κ1) is 16.3. The molecule has 1 saturated heterocycles. The van der Waals surface area contributed by atoms with Crippen LogP contribution < -0.4 is 5.32 Å². The van der Waals surface area contributed by atoms with E-state index in [4.69, 9.17) is 0 Å². The van der Waals surface area contributed by atoms with Crippen LogP contribution in [0.1, 0.15) is 30.0 Å². The molecule has 0 bridgehead atoms. The minimum absolute atomic E-state index is 0.0678. The van der Waals surface area contributed by atoms with E-state index >= 15 is 0 Å². The van der Waals surface area contributed by atoms with Crippen LogP contribution in [-0.2, 0) is 0 Å². The standard InChI is InChI=1S/C16H23F3N2/c1-12-6-3-4-8-14(12)15(20-2)11-21-9-5-7-13(10-21)16(17,18)19/h3-4,6,8,13,15,20H,5,7,9-11H2,1-2H3. The number of alkyl halides is 3. The minimum atomic E-state index is -4.07. The van der Waals surface area contributed by atoms with Crippen molar-refractivity contribution in [1.29, 1.82) is 0 Å². The first-order valence-electron chi connectivity index (χ1n) is 7.43. The molecule has 0 saturated carbocycles. The fourth-order valence-corrected chi connectivity index (χ4v) is 3.07. The highest BCUT2D eigenvalue weighted by Crippen LogP contribution is 2.33. The van der Waals surface area contributed by atoms with E-state index in [9.17, 15) is 13.2 Å². The molecule has 0 amide bonds. The maximum absolute atomic E-state index is 12.9. The molecule has 2 atom stereocenters. The molecular weight excluding hydrogens is 277 g/mol. The van der Waals surface area contributed by atoms with E-state index in [1.165, 1.54) is 5.56 Å². The summed E-state index contributed by atoms with van der Waals surface area (Å²) in [6.07, 6.45) is -3.19. The number of nitrogens with zero attached hydrogens (tertiary/aromatic N) is 1. The maximum atomic E-state index is 12.9. The Morgan fingerprint density at radius 2 is 2.05 bits per heavy atom. The number of benzene rings is 1. The molecule has 1 N–H and O–H groups in total. The Bertz CT molecular complexity index is 459. The zero-order chi connectivity index (χ0) is 15.5. The van der Waals surface area contributed by atoms with Crippen LogP contribution in [0.2, 0.25) is 0 Å². The van der Waals surface area contributed by atoms with Crippen LogP contribution in [0.15, 0.2) is 24.3 Å². The number of halogens is 3. The average Bonchev–Trinajstić information content (AvgIpc) is 2.45. The van der Waals surface area contributed by atoms with Crippen molar-refractivity contribution in [2.24, 2.45) is 5.92 Å². The zero-order valence-corrected chi connectivity index (χ0v) is 12.6. The molecule has 5 heteroatoms. The second kappa shape index (κ2) is 6.79. The van der Waals surface area contributed by atoms with Crippen molar-refractivity contribution in [2.75, 3.05) is 26.7 Å². The summed E-state index contributed by atoms with van der Waals surface area (Å²) in [7, 11) is 1.86. The first-order chi connectivity index (χ1) is 9.91. The van der Waals surface area contributed by atoms with Crippen molar-refractivity contribution in [1.82, 2.24) is 10.2 Å². The number of piperidine rings is 1. The van der Waals surface area contributed by atoms with E-state index in [2.05, 4.69) is 5.32 Å². The van der Waals surface area contributed by atoms with Gasteiger partial charge in [-0.1, -0.05) is 24.3 Å². The lowest BCUT2D eigenvalue weighted by Gasteiger charge is -2.36. The van der Waals surface area contributed by atoms with Crippen LogP contribution >= 0.6 is 0 Å². The highest BCUT2D eigenvalue weighted by Gasteiger charge is 2.41. The molecule has 1 aliphatic heterocycles. The SMILES string of the molecule is CNC(CN1CCCC(C(F)(F)F)C1)c1ccccc1C. The summed E-state index contributed by atoms with van der Waals surface area (Å²) in [6, 6.07) is 8.10. The van der Waals surface area contributed by atoms with E-state index in [1.54, 1.807) is 0 Å². The lowest BCUT2D eigenvalue weighted by molar-refractivity contribution is -0.186. The number of hydrogen-bond acceptors (Lipinski definition) is 2. The number of hydrogen-bond donors (Lipinski definition) is 1. The summed E-state index contributed by atoms with van der Waals surface area (Å²) >= 11 is 0. The molecule has 1 aliphatic rings. The van der Waals surface area contributed by atoms with Crippen LogP contribution in [0.4, 0.5) is 13.2 Å². The van der Waals surface area contributed by atoms with Gasteiger partial charge in [0.25, 0.3) is 0 Å². The molecule has 1 fully saturated rings. The van der Waals surface area contributed by atoms with Crippen molar-refractivity contribution in [3.63, 3.8) is 0 Å². The lowest BCUT2D eigenvalue weighted by Crippen LogP contribution is -2.44. The highest BCUT2D eigenvalue weighted by atomic mass is 19.4. The van der Waals surface area contributed by atoms with Crippen LogP contribution in [0.5, 0.6) is 0 Å². The number of likely N-dealkylation sites (N-methyl/N-ethyl adjacent to an activating group) is 1. The van der Waals surface area contributed by atoms with Crippen molar-refractivity contribution in [3.05, 3.63) is 35.4 Å². The Hall–Kier alpha value is -1.07. The quantitative estimate of drug-likeness (QED) is 0.915. The Labute approximate surface area is 124 Å². The van der Waals surface area contributed by atoms with Crippen molar-refractivity contribution in [3.8, 4) is 0 Å². The van der Waals surface area contributed by atoms with Gasteiger partial charge >= 0.3 is 6.18 Å². The van der Waals surface area contributed by atoms with E-state index in [0.717, 1.165) is 12.1 Å². The van der Waals surface area contributed by atoms with E-state index in [0.29, 0.717) is 13.0 Å². The summed E-state index contributed by atoms with van der Waals surface area (Å²) < 4.78 is 38.6. The molecule has 0 spiro atoms. The van der Waals surface area contributed by atoms with Gasteiger partial charge in [-0.15, -0.1) is 0 Å². The molecule has 1 aromatic carbocycles.